The van der Waals surface area contributed by atoms with Gasteiger partial charge in [0.25, 0.3) is 10.0 Å². The maximum atomic E-state index is 12.6. The van der Waals surface area contributed by atoms with Crippen LogP contribution in [0.25, 0.3) is 0 Å². The molecule has 0 saturated carbocycles. The third-order valence-electron chi connectivity index (χ3n) is 5.59. The molecule has 0 bridgehead atoms. The number of nitrogens with zero attached hydrogens (tertiary/aromatic N) is 3. The van der Waals surface area contributed by atoms with E-state index in [1.165, 1.54) is 24.4 Å². The number of hydrogen-bond donors (Lipinski definition) is 1. The third kappa shape index (κ3) is 4.67. The molecule has 4 rings (SSSR count). The highest BCUT2D eigenvalue weighted by Gasteiger charge is 2.27. The lowest BCUT2D eigenvalue weighted by atomic mass is 9.89. The van der Waals surface area contributed by atoms with Crippen molar-refractivity contribution < 1.29 is 8.42 Å². The predicted octanol–water partition coefficient (Wildman–Crippen LogP) is 4.93. The molecule has 1 aliphatic heterocycles. The van der Waals surface area contributed by atoms with Gasteiger partial charge in [0.15, 0.2) is 0 Å². The van der Waals surface area contributed by atoms with Gasteiger partial charge in [0.2, 0.25) is 5.13 Å². The van der Waals surface area contributed by atoms with Gasteiger partial charge < -0.3 is 0 Å². The van der Waals surface area contributed by atoms with Gasteiger partial charge in [-0.3, -0.25) is 9.62 Å². The Labute approximate surface area is 186 Å². The van der Waals surface area contributed by atoms with Gasteiger partial charge in [-0.2, -0.15) is 4.37 Å². The Morgan fingerprint density at radius 2 is 2.03 bits per heavy atom. The molecular formula is C21H23ClN4O2S2. The third-order valence-corrected chi connectivity index (χ3v) is 7.96. The lowest BCUT2D eigenvalue weighted by Crippen LogP contribution is -2.36. The highest BCUT2D eigenvalue weighted by molar-refractivity contribution is 7.93. The Morgan fingerprint density at radius 1 is 1.23 bits per heavy atom. The Kier molecular flexibility index (Phi) is 6.38. The first-order valence-corrected chi connectivity index (χ1v) is 12.5. The topological polar surface area (TPSA) is 75.2 Å². The van der Waals surface area contributed by atoms with Crippen LogP contribution in [0, 0.1) is 0 Å². The zero-order chi connectivity index (χ0) is 21.1. The number of aromatic nitrogens is 2. The summed E-state index contributed by atoms with van der Waals surface area (Å²) in [6.07, 6.45) is 3.61. The van der Waals surface area contributed by atoms with Crippen molar-refractivity contribution in [2.24, 2.45) is 0 Å². The van der Waals surface area contributed by atoms with E-state index < -0.39 is 10.0 Å². The molecule has 0 amide bonds. The number of nitrogens with one attached hydrogen (secondary N) is 1. The zero-order valence-corrected chi connectivity index (χ0v) is 18.9. The van der Waals surface area contributed by atoms with E-state index >= 15 is 0 Å². The fourth-order valence-electron chi connectivity index (χ4n) is 3.96. The van der Waals surface area contributed by atoms with Gasteiger partial charge in [0, 0.05) is 29.1 Å². The molecule has 2 heterocycles. The standard InChI is InChI=1S/C21H23ClN4O2S2/c1-15(26-11-5-8-17(13-26)16-6-3-2-4-7-16)19-10-9-18(12-20(19)22)30(27,28)25-21-23-14-24-29-21/h2-4,6-7,9-10,12,14-15,17H,5,8,11,13H2,1H3,(H,23,24,25)/t15-,17?/m1/s1. The minimum Gasteiger partial charge on any atom is -0.296 e. The van der Waals surface area contributed by atoms with E-state index in [2.05, 4.69) is 50.2 Å². The Balaban J connectivity index is 1.51. The lowest BCUT2D eigenvalue weighted by Gasteiger charge is -2.37. The largest absolute Gasteiger partial charge is 0.296 e. The van der Waals surface area contributed by atoms with E-state index in [0.717, 1.165) is 36.6 Å². The van der Waals surface area contributed by atoms with E-state index in [1.807, 2.05) is 12.1 Å². The molecule has 3 aromatic rings. The van der Waals surface area contributed by atoms with Crippen molar-refractivity contribution >= 4 is 38.3 Å². The minimum absolute atomic E-state index is 0.0943. The molecule has 30 heavy (non-hydrogen) atoms. The molecular weight excluding hydrogens is 440 g/mol. The normalized spacial score (nSPS) is 18.8. The van der Waals surface area contributed by atoms with E-state index in [9.17, 15) is 8.42 Å². The van der Waals surface area contributed by atoms with Gasteiger partial charge in [-0.15, -0.1) is 0 Å². The van der Waals surface area contributed by atoms with Crippen LogP contribution in [0.2, 0.25) is 5.02 Å². The summed E-state index contributed by atoms with van der Waals surface area (Å²) in [5, 5.41) is 0.674. The van der Waals surface area contributed by atoms with Crippen LogP contribution in [-0.2, 0) is 10.0 Å². The Bertz CT molecular complexity index is 1090. The highest BCUT2D eigenvalue weighted by Crippen LogP contribution is 2.35. The molecule has 1 fully saturated rings. The van der Waals surface area contributed by atoms with Crippen molar-refractivity contribution in [2.75, 3.05) is 17.8 Å². The summed E-state index contributed by atoms with van der Waals surface area (Å²) < 4.78 is 31.4. The molecule has 1 saturated heterocycles. The first kappa shape index (κ1) is 21.2. The second-order valence-corrected chi connectivity index (χ2v) is 10.3. The lowest BCUT2D eigenvalue weighted by molar-refractivity contribution is 0.158. The second-order valence-electron chi connectivity index (χ2n) is 7.46. The average Bonchev–Trinajstić information content (AvgIpc) is 3.26. The van der Waals surface area contributed by atoms with Crippen molar-refractivity contribution in [3.63, 3.8) is 0 Å². The Morgan fingerprint density at radius 3 is 2.73 bits per heavy atom. The van der Waals surface area contributed by atoms with Crippen molar-refractivity contribution in [3.8, 4) is 0 Å². The smallest absolute Gasteiger partial charge is 0.263 e. The maximum absolute atomic E-state index is 12.6. The monoisotopic (exact) mass is 462 g/mol. The number of benzene rings is 2. The first-order chi connectivity index (χ1) is 14.4. The van der Waals surface area contributed by atoms with Crippen LogP contribution in [0.4, 0.5) is 5.13 Å². The quantitative estimate of drug-likeness (QED) is 0.562. The summed E-state index contributed by atoms with van der Waals surface area (Å²) in [5.74, 6) is 0.497. The van der Waals surface area contributed by atoms with Gasteiger partial charge in [-0.05, 0) is 55.5 Å². The molecule has 1 N–H and O–H groups in total. The number of rotatable bonds is 6. The number of halogens is 1. The zero-order valence-electron chi connectivity index (χ0n) is 16.5. The van der Waals surface area contributed by atoms with Gasteiger partial charge >= 0.3 is 0 Å². The van der Waals surface area contributed by atoms with Crippen LogP contribution in [-0.4, -0.2) is 35.8 Å². The molecule has 1 aromatic heterocycles. The summed E-state index contributed by atoms with van der Waals surface area (Å²) in [6.45, 7) is 4.09. The Hall–Kier alpha value is -2.00. The first-order valence-electron chi connectivity index (χ1n) is 9.82. The molecule has 6 nitrogen and oxygen atoms in total. The maximum Gasteiger partial charge on any atom is 0.263 e. The molecule has 158 valence electrons. The van der Waals surface area contributed by atoms with Gasteiger partial charge in [0.1, 0.15) is 6.33 Å². The van der Waals surface area contributed by atoms with Crippen molar-refractivity contribution in [1.82, 2.24) is 14.3 Å². The van der Waals surface area contributed by atoms with Gasteiger partial charge in [0.05, 0.1) is 4.90 Å². The number of hydrogen-bond acceptors (Lipinski definition) is 6. The van der Waals surface area contributed by atoms with Crippen molar-refractivity contribution in [1.29, 1.82) is 0 Å². The van der Waals surface area contributed by atoms with Crippen LogP contribution in [0.15, 0.2) is 59.8 Å². The molecule has 2 aromatic carbocycles. The fourth-order valence-corrected chi connectivity index (χ4v) is 6.05. The minimum atomic E-state index is -3.76. The van der Waals surface area contributed by atoms with Crippen LogP contribution >= 0.6 is 23.1 Å². The SMILES string of the molecule is C[C@H](c1ccc(S(=O)(=O)Nc2ncns2)cc1Cl)N1CCCC(c2ccccc2)C1. The van der Waals surface area contributed by atoms with Gasteiger partial charge in [-0.1, -0.05) is 48.0 Å². The van der Waals surface area contributed by atoms with E-state index in [0.29, 0.717) is 10.9 Å². The molecule has 0 radical (unpaired) electrons. The summed E-state index contributed by atoms with van der Waals surface area (Å²) in [6, 6.07) is 15.6. The number of sulfonamides is 1. The summed E-state index contributed by atoms with van der Waals surface area (Å²) in [5.41, 5.74) is 2.30. The van der Waals surface area contributed by atoms with Crippen LogP contribution in [0.1, 0.15) is 42.9 Å². The average molecular weight is 463 g/mol. The number of anilines is 1. The van der Waals surface area contributed by atoms with Crippen molar-refractivity contribution in [2.45, 2.75) is 36.6 Å². The summed E-state index contributed by atoms with van der Waals surface area (Å²) >= 11 is 7.52. The molecule has 1 unspecified atom stereocenters. The van der Waals surface area contributed by atoms with E-state index in [-0.39, 0.29) is 16.1 Å². The van der Waals surface area contributed by atoms with Crippen molar-refractivity contribution in [3.05, 3.63) is 71.0 Å². The molecule has 0 aliphatic carbocycles. The predicted molar refractivity (Wildman–Crippen MR) is 121 cm³/mol. The molecule has 2 atom stereocenters. The van der Waals surface area contributed by atoms with Crippen LogP contribution < -0.4 is 4.72 Å². The summed E-state index contributed by atoms with van der Waals surface area (Å²) in [4.78, 5) is 6.40. The van der Waals surface area contributed by atoms with E-state index in [4.69, 9.17) is 11.6 Å². The number of likely N-dealkylation sites (tertiary alicyclic amines) is 1. The molecule has 9 heteroatoms. The van der Waals surface area contributed by atoms with Gasteiger partial charge in [-0.25, -0.2) is 13.4 Å². The summed E-state index contributed by atoms with van der Waals surface area (Å²) in [7, 11) is -3.76. The van der Waals surface area contributed by atoms with E-state index in [1.54, 1.807) is 6.07 Å². The van der Waals surface area contributed by atoms with Crippen LogP contribution in [0.5, 0.6) is 0 Å². The molecule has 1 aliphatic rings. The second kappa shape index (κ2) is 9.01. The highest BCUT2D eigenvalue weighted by atomic mass is 35.5. The molecule has 0 spiro atoms. The van der Waals surface area contributed by atoms with Crippen LogP contribution in [0.3, 0.4) is 0 Å². The number of piperidine rings is 1. The fraction of sp³-hybridized carbons (Fsp3) is 0.333.